The highest BCUT2D eigenvalue weighted by Crippen LogP contribution is 2.33. The average molecular weight is 364 g/mol. The molecule has 0 amide bonds. The van der Waals surface area contributed by atoms with Crippen molar-refractivity contribution in [2.24, 2.45) is 0 Å². The molecule has 0 radical (unpaired) electrons. The van der Waals surface area contributed by atoms with Crippen LogP contribution in [-0.4, -0.2) is 19.8 Å². The van der Waals surface area contributed by atoms with Crippen molar-refractivity contribution in [2.75, 3.05) is 19.8 Å². The van der Waals surface area contributed by atoms with E-state index in [0.29, 0.717) is 13.2 Å². The molecule has 0 heterocycles. The number of rotatable bonds is 9. The zero-order valence-corrected chi connectivity index (χ0v) is 16.1. The van der Waals surface area contributed by atoms with Crippen LogP contribution in [0.2, 0.25) is 0 Å². The van der Waals surface area contributed by atoms with Crippen molar-refractivity contribution in [3.05, 3.63) is 84.9 Å². The molecular weight excluding hydrogens is 339 g/mol. The molecule has 3 aromatic rings. The molecule has 0 aliphatic heterocycles. The molecule has 0 spiro atoms. The van der Waals surface area contributed by atoms with E-state index in [1.807, 2.05) is 0 Å². The first kappa shape index (κ1) is 18.6. The molecule has 0 atom stereocenters. The van der Waals surface area contributed by atoms with Crippen LogP contribution in [0.25, 0.3) is 0 Å². The van der Waals surface area contributed by atoms with Gasteiger partial charge in [0.15, 0.2) is 0 Å². The van der Waals surface area contributed by atoms with Gasteiger partial charge in [0.05, 0.1) is 6.61 Å². The molecule has 0 saturated heterocycles. The van der Waals surface area contributed by atoms with Gasteiger partial charge >= 0.3 is 0 Å². The van der Waals surface area contributed by atoms with Gasteiger partial charge < -0.3 is 9.47 Å². The minimum absolute atomic E-state index is 0.560. The van der Waals surface area contributed by atoms with Gasteiger partial charge in [-0.3, -0.25) is 0 Å². The van der Waals surface area contributed by atoms with E-state index < -0.39 is 7.92 Å². The van der Waals surface area contributed by atoms with E-state index in [2.05, 4.69) is 91.9 Å². The summed E-state index contributed by atoms with van der Waals surface area (Å²) in [4.78, 5) is 0. The molecule has 0 fully saturated rings. The van der Waals surface area contributed by atoms with Crippen molar-refractivity contribution < 1.29 is 9.47 Å². The SMILES string of the molecule is CCCOCCOc1ccc(P(c2ccccc2)c2ccccc2)cc1. The summed E-state index contributed by atoms with van der Waals surface area (Å²) in [6, 6.07) is 30.0. The molecule has 0 N–H and O–H groups in total. The molecular formula is C23H25O2P. The van der Waals surface area contributed by atoms with E-state index >= 15 is 0 Å². The Morgan fingerprint density at radius 2 is 1.15 bits per heavy atom. The van der Waals surface area contributed by atoms with Crippen molar-refractivity contribution in [1.29, 1.82) is 0 Å². The second-order valence-corrected chi connectivity index (χ2v) is 8.18. The van der Waals surface area contributed by atoms with Crippen LogP contribution in [0, 0.1) is 0 Å². The van der Waals surface area contributed by atoms with Crippen molar-refractivity contribution in [2.45, 2.75) is 13.3 Å². The van der Waals surface area contributed by atoms with Gasteiger partial charge in [-0.15, -0.1) is 0 Å². The quantitative estimate of drug-likeness (QED) is 0.417. The van der Waals surface area contributed by atoms with E-state index in [1.54, 1.807) is 0 Å². The number of ether oxygens (including phenoxy) is 2. The Morgan fingerprint density at radius 1 is 0.615 bits per heavy atom. The number of hydrogen-bond acceptors (Lipinski definition) is 2. The molecule has 134 valence electrons. The molecule has 0 aliphatic carbocycles. The third-order valence-electron chi connectivity index (χ3n) is 3.97. The van der Waals surface area contributed by atoms with Crippen LogP contribution < -0.4 is 20.7 Å². The Hall–Kier alpha value is -2.15. The first-order valence-corrected chi connectivity index (χ1v) is 10.4. The first-order valence-electron chi connectivity index (χ1n) is 9.09. The fraction of sp³-hybridized carbons (Fsp3) is 0.217. The van der Waals surface area contributed by atoms with Crippen molar-refractivity contribution in [3.63, 3.8) is 0 Å². The zero-order chi connectivity index (χ0) is 18.0. The summed E-state index contributed by atoms with van der Waals surface area (Å²) in [7, 11) is -0.560. The van der Waals surface area contributed by atoms with Crippen LogP contribution in [0.5, 0.6) is 5.75 Å². The minimum atomic E-state index is -0.560. The second-order valence-electron chi connectivity index (χ2n) is 5.96. The fourth-order valence-corrected chi connectivity index (χ4v) is 5.04. The summed E-state index contributed by atoms with van der Waals surface area (Å²) >= 11 is 0. The van der Waals surface area contributed by atoms with Crippen molar-refractivity contribution >= 4 is 23.8 Å². The molecule has 26 heavy (non-hydrogen) atoms. The maximum atomic E-state index is 5.78. The van der Waals surface area contributed by atoms with Crippen LogP contribution in [0.4, 0.5) is 0 Å². The van der Waals surface area contributed by atoms with Crippen LogP contribution in [0.15, 0.2) is 84.9 Å². The highest BCUT2D eigenvalue weighted by atomic mass is 31.1. The van der Waals surface area contributed by atoms with Crippen molar-refractivity contribution in [3.8, 4) is 5.75 Å². The monoisotopic (exact) mass is 364 g/mol. The van der Waals surface area contributed by atoms with Crippen LogP contribution in [0.3, 0.4) is 0 Å². The largest absolute Gasteiger partial charge is 0.491 e. The Bertz CT molecular complexity index is 718. The summed E-state index contributed by atoms with van der Waals surface area (Å²) in [5.74, 6) is 0.893. The molecule has 0 aliphatic rings. The van der Waals surface area contributed by atoms with Gasteiger partial charge in [-0.2, -0.15) is 0 Å². The van der Waals surface area contributed by atoms with E-state index in [9.17, 15) is 0 Å². The summed E-state index contributed by atoms with van der Waals surface area (Å²) in [6.07, 6.45) is 1.04. The molecule has 2 nitrogen and oxygen atoms in total. The predicted molar refractivity (Wildman–Crippen MR) is 112 cm³/mol. The van der Waals surface area contributed by atoms with Crippen LogP contribution in [-0.2, 0) is 4.74 Å². The average Bonchev–Trinajstić information content (AvgIpc) is 2.71. The zero-order valence-electron chi connectivity index (χ0n) is 15.2. The Balaban J connectivity index is 1.75. The van der Waals surface area contributed by atoms with Gasteiger partial charge in [0.2, 0.25) is 0 Å². The summed E-state index contributed by atoms with van der Waals surface area (Å²) in [5, 5.41) is 4.04. The summed E-state index contributed by atoms with van der Waals surface area (Å²) in [5.41, 5.74) is 0. The number of hydrogen-bond donors (Lipinski definition) is 0. The Labute approximate surface area is 157 Å². The highest BCUT2D eigenvalue weighted by Gasteiger charge is 2.15. The standard InChI is InChI=1S/C23H25O2P/c1-2-17-24-18-19-25-20-13-15-23(16-14-20)26(21-9-5-3-6-10-21)22-11-7-4-8-12-22/h3-16H,2,17-19H2,1H3. The maximum absolute atomic E-state index is 5.78. The topological polar surface area (TPSA) is 18.5 Å². The fourth-order valence-electron chi connectivity index (χ4n) is 2.76. The van der Waals surface area contributed by atoms with E-state index in [1.165, 1.54) is 15.9 Å². The molecule has 0 unspecified atom stereocenters. The number of benzene rings is 3. The third-order valence-corrected chi connectivity index (χ3v) is 6.41. The normalized spacial score (nSPS) is 10.8. The van der Waals surface area contributed by atoms with Crippen LogP contribution in [0.1, 0.15) is 13.3 Å². The smallest absolute Gasteiger partial charge is 0.119 e. The van der Waals surface area contributed by atoms with Crippen molar-refractivity contribution in [1.82, 2.24) is 0 Å². The van der Waals surface area contributed by atoms with Gasteiger partial charge in [0.25, 0.3) is 0 Å². The summed E-state index contributed by atoms with van der Waals surface area (Å²) < 4.78 is 11.2. The Kier molecular flexibility index (Phi) is 7.25. The molecule has 3 aromatic carbocycles. The minimum Gasteiger partial charge on any atom is -0.491 e. The van der Waals surface area contributed by atoms with Gasteiger partial charge in [0.1, 0.15) is 12.4 Å². The third kappa shape index (κ3) is 5.17. The lowest BCUT2D eigenvalue weighted by Gasteiger charge is -2.19. The van der Waals surface area contributed by atoms with Gasteiger partial charge in [-0.25, -0.2) is 0 Å². The molecule has 0 aromatic heterocycles. The highest BCUT2D eigenvalue weighted by molar-refractivity contribution is 7.79. The van der Waals surface area contributed by atoms with E-state index in [0.717, 1.165) is 18.8 Å². The van der Waals surface area contributed by atoms with Crippen LogP contribution >= 0.6 is 7.92 Å². The predicted octanol–water partition coefficient (Wildman–Crippen LogP) is 4.25. The molecule has 3 rings (SSSR count). The lowest BCUT2D eigenvalue weighted by molar-refractivity contribution is 0.101. The second kappa shape index (κ2) is 10.1. The lowest BCUT2D eigenvalue weighted by atomic mass is 10.3. The Morgan fingerprint density at radius 3 is 1.69 bits per heavy atom. The molecule has 0 bridgehead atoms. The summed E-state index contributed by atoms with van der Waals surface area (Å²) in [6.45, 7) is 4.12. The lowest BCUT2D eigenvalue weighted by Crippen LogP contribution is -2.20. The first-order chi connectivity index (χ1) is 12.9. The van der Waals surface area contributed by atoms with E-state index in [-0.39, 0.29) is 0 Å². The van der Waals surface area contributed by atoms with Gasteiger partial charge in [-0.1, -0.05) is 79.7 Å². The van der Waals surface area contributed by atoms with Gasteiger partial charge in [-0.05, 0) is 42.4 Å². The van der Waals surface area contributed by atoms with Gasteiger partial charge in [0, 0.05) is 6.61 Å². The maximum Gasteiger partial charge on any atom is 0.119 e. The molecule has 0 saturated carbocycles. The van der Waals surface area contributed by atoms with E-state index in [4.69, 9.17) is 9.47 Å². The molecule has 3 heteroatoms.